The maximum atomic E-state index is 3.89. The lowest BCUT2D eigenvalue weighted by molar-refractivity contribution is -0.0707. The van der Waals surface area contributed by atoms with Gasteiger partial charge in [-0.15, -0.1) is 0 Å². The van der Waals surface area contributed by atoms with E-state index in [0.717, 1.165) is 29.7 Å². The molecule has 1 N–H and O–H groups in total. The maximum absolute atomic E-state index is 3.89. The molecule has 0 amide bonds. The summed E-state index contributed by atoms with van der Waals surface area (Å²) in [7, 11) is 0. The van der Waals surface area contributed by atoms with Crippen molar-refractivity contribution in [3.05, 3.63) is 0 Å². The molecule has 2 unspecified atom stereocenters. The van der Waals surface area contributed by atoms with E-state index in [1.807, 2.05) is 0 Å². The second-order valence-electron chi connectivity index (χ2n) is 7.92. The van der Waals surface area contributed by atoms with E-state index in [2.05, 4.69) is 26.1 Å². The molecule has 0 aliphatic heterocycles. The number of hydrogen-bond acceptors (Lipinski definition) is 1. The van der Waals surface area contributed by atoms with Gasteiger partial charge in [0.05, 0.1) is 0 Å². The van der Waals surface area contributed by atoms with Gasteiger partial charge in [-0.2, -0.15) is 0 Å². The fraction of sp³-hybridized carbons (Fsp3) is 1.00. The van der Waals surface area contributed by atoms with Gasteiger partial charge in [0, 0.05) is 6.04 Å². The highest BCUT2D eigenvalue weighted by atomic mass is 14.9. The summed E-state index contributed by atoms with van der Waals surface area (Å²) in [6, 6.07) is 0.750. The van der Waals surface area contributed by atoms with Crippen molar-refractivity contribution in [3.8, 4) is 0 Å². The van der Waals surface area contributed by atoms with E-state index in [9.17, 15) is 0 Å². The van der Waals surface area contributed by atoms with Crippen LogP contribution >= 0.6 is 0 Å². The first-order valence-corrected chi connectivity index (χ1v) is 8.34. The lowest BCUT2D eigenvalue weighted by Crippen LogP contribution is -2.55. The molecule has 0 aromatic rings. The van der Waals surface area contributed by atoms with Gasteiger partial charge in [0.15, 0.2) is 0 Å². The van der Waals surface area contributed by atoms with E-state index in [0.29, 0.717) is 5.41 Å². The lowest BCUT2D eigenvalue weighted by Gasteiger charge is -2.59. The molecule has 4 aliphatic carbocycles. The molecule has 4 rings (SSSR count). The molecule has 18 heavy (non-hydrogen) atoms. The Labute approximate surface area is 113 Å². The van der Waals surface area contributed by atoms with Gasteiger partial charge in [0.25, 0.3) is 0 Å². The zero-order valence-corrected chi connectivity index (χ0v) is 12.5. The van der Waals surface area contributed by atoms with Crippen LogP contribution in [0.2, 0.25) is 0 Å². The molecule has 2 atom stereocenters. The average molecular weight is 249 g/mol. The minimum absolute atomic E-state index is 0.683. The van der Waals surface area contributed by atoms with Crippen LogP contribution in [-0.4, -0.2) is 12.6 Å². The molecule has 0 aromatic heterocycles. The summed E-state index contributed by atoms with van der Waals surface area (Å²) in [5.74, 6) is 4.10. The Morgan fingerprint density at radius 1 is 1.00 bits per heavy atom. The molecule has 4 fully saturated rings. The second-order valence-corrected chi connectivity index (χ2v) is 7.92. The van der Waals surface area contributed by atoms with Crippen molar-refractivity contribution < 1.29 is 0 Å². The third kappa shape index (κ3) is 2.24. The largest absolute Gasteiger partial charge is 0.313 e. The van der Waals surface area contributed by atoms with Crippen LogP contribution in [0.15, 0.2) is 0 Å². The summed E-state index contributed by atoms with van der Waals surface area (Å²) in [6.45, 7) is 8.38. The van der Waals surface area contributed by atoms with E-state index in [4.69, 9.17) is 0 Å². The van der Waals surface area contributed by atoms with E-state index < -0.39 is 0 Å². The van der Waals surface area contributed by atoms with Gasteiger partial charge < -0.3 is 5.32 Å². The Bertz CT molecular complexity index is 261. The first-order valence-electron chi connectivity index (χ1n) is 8.34. The first kappa shape index (κ1) is 13.0. The van der Waals surface area contributed by atoms with E-state index in [1.165, 1.54) is 32.2 Å². The summed E-state index contributed by atoms with van der Waals surface area (Å²) in [5.41, 5.74) is 0.683. The van der Waals surface area contributed by atoms with Crippen LogP contribution in [0.5, 0.6) is 0 Å². The number of rotatable bonds is 5. The Balaban J connectivity index is 1.63. The second kappa shape index (κ2) is 4.81. The first-order chi connectivity index (χ1) is 8.61. The molecular formula is C17H31N. The molecule has 0 saturated heterocycles. The van der Waals surface area contributed by atoms with Crippen LogP contribution in [0.25, 0.3) is 0 Å². The zero-order chi connectivity index (χ0) is 12.8. The summed E-state index contributed by atoms with van der Waals surface area (Å²) in [6.07, 6.45) is 10.6. The predicted molar refractivity (Wildman–Crippen MR) is 77.5 cm³/mol. The Hall–Kier alpha value is -0.0400. The summed E-state index contributed by atoms with van der Waals surface area (Å²) in [4.78, 5) is 0. The molecule has 4 bridgehead atoms. The van der Waals surface area contributed by atoms with Gasteiger partial charge in [-0.05, 0) is 81.1 Å². The van der Waals surface area contributed by atoms with E-state index in [1.54, 1.807) is 19.3 Å². The van der Waals surface area contributed by atoms with Gasteiger partial charge in [-0.25, -0.2) is 0 Å². The standard InChI is InChI=1S/C17H31N/c1-4-12(2)11-18-13(3)17-8-14-5-15(9-17)7-16(6-14)10-17/h12-16,18H,4-11H2,1-3H3. The van der Waals surface area contributed by atoms with Crippen LogP contribution in [-0.2, 0) is 0 Å². The van der Waals surface area contributed by atoms with E-state index >= 15 is 0 Å². The summed E-state index contributed by atoms with van der Waals surface area (Å²) in [5, 5.41) is 3.89. The Morgan fingerprint density at radius 2 is 1.50 bits per heavy atom. The van der Waals surface area contributed by atoms with Crippen molar-refractivity contribution in [2.45, 2.75) is 71.8 Å². The highest BCUT2D eigenvalue weighted by Gasteiger charge is 2.52. The summed E-state index contributed by atoms with van der Waals surface area (Å²) >= 11 is 0. The van der Waals surface area contributed by atoms with Gasteiger partial charge in [0.1, 0.15) is 0 Å². The van der Waals surface area contributed by atoms with Crippen LogP contribution < -0.4 is 5.32 Å². The molecule has 4 saturated carbocycles. The fourth-order valence-electron chi connectivity index (χ4n) is 5.45. The van der Waals surface area contributed by atoms with Gasteiger partial charge >= 0.3 is 0 Å². The predicted octanol–water partition coefficient (Wildman–Crippen LogP) is 4.23. The van der Waals surface area contributed by atoms with Crippen molar-refractivity contribution >= 4 is 0 Å². The average Bonchev–Trinajstić information content (AvgIpc) is 2.33. The minimum Gasteiger partial charge on any atom is -0.313 e. The SMILES string of the molecule is CCC(C)CNC(C)C12CC3CC(CC(C3)C1)C2. The highest BCUT2D eigenvalue weighted by Crippen LogP contribution is 2.61. The molecule has 104 valence electrons. The van der Waals surface area contributed by atoms with Crippen LogP contribution in [0, 0.1) is 29.1 Å². The third-order valence-corrected chi connectivity index (χ3v) is 6.47. The lowest BCUT2D eigenvalue weighted by atomic mass is 9.48. The molecule has 0 spiro atoms. The smallest absolute Gasteiger partial charge is 0.00956 e. The maximum Gasteiger partial charge on any atom is 0.00956 e. The van der Waals surface area contributed by atoms with E-state index in [-0.39, 0.29) is 0 Å². The van der Waals surface area contributed by atoms with Crippen LogP contribution in [0.3, 0.4) is 0 Å². The Kier molecular flexibility index (Phi) is 3.47. The highest BCUT2D eigenvalue weighted by molar-refractivity contribution is 5.05. The van der Waals surface area contributed by atoms with Crippen molar-refractivity contribution in [1.82, 2.24) is 5.32 Å². The van der Waals surface area contributed by atoms with Crippen molar-refractivity contribution in [2.75, 3.05) is 6.54 Å². The van der Waals surface area contributed by atoms with Crippen molar-refractivity contribution in [3.63, 3.8) is 0 Å². The summed E-state index contributed by atoms with van der Waals surface area (Å²) < 4.78 is 0. The van der Waals surface area contributed by atoms with Crippen molar-refractivity contribution in [2.24, 2.45) is 29.1 Å². The third-order valence-electron chi connectivity index (χ3n) is 6.47. The van der Waals surface area contributed by atoms with Crippen molar-refractivity contribution in [1.29, 1.82) is 0 Å². The fourth-order valence-corrected chi connectivity index (χ4v) is 5.45. The minimum atomic E-state index is 0.683. The molecular weight excluding hydrogens is 218 g/mol. The molecule has 0 heterocycles. The molecule has 1 nitrogen and oxygen atoms in total. The molecule has 4 aliphatic rings. The van der Waals surface area contributed by atoms with Gasteiger partial charge in [-0.1, -0.05) is 20.3 Å². The monoisotopic (exact) mass is 249 g/mol. The van der Waals surface area contributed by atoms with Gasteiger partial charge in [-0.3, -0.25) is 0 Å². The molecule has 0 aromatic carbocycles. The Morgan fingerprint density at radius 3 is 1.94 bits per heavy atom. The molecule has 1 heteroatoms. The quantitative estimate of drug-likeness (QED) is 0.769. The number of hydrogen-bond donors (Lipinski definition) is 1. The van der Waals surface area contributed by atoms with Gasteiger partial charge in [0.2, 0.25) is 0 Å². The zero-order valence-electron chi connectivity index (χ0n) is 12.5. The topological polar surface area (TPSA) is 12.0 Å². The molecule has 0 radical (unpaired) electrons. The normalized spacial score (nSPS) is 45.2. The van der Waals surface area contributed by atoms with Crippen LogP contribution in [0.4, 0.5) is 0 Å². The number of nitrogens with one attached hydrogen (secondary N) is 1. The van der Waals surface area contributed by atoms with Crippen LogP contribution in [0.1, 0.15) is 65.7 Å².